The van der Waals surface area contributed by atoms with Gasteiger partial charge in [0.15, 0.2) is 0 Å². The molecular weight excluding hydrogens is 424 g/mol. The molecule has 0 unspecified atom stereocenters. The molecule has 0 aliphatic rings. The van der Waals surface area contributed by atoms with Crippen LogP contribution in [-0.4, -0.2) is 24.6 Å². The van der Waals surface area contributed by atoms with Gasteiger partial charge in [-0.2, -0.15) is 0 Å². The maximum atomic E-state index is 12.8. The molecule has 0 aliphatic carbocycles. The van der Waals surface area contributed by atoms with Gasteiger partial charge in [-0.1, -0.05) is 35.9 Å². The van der Waals surface area contributed by atoms with Crippen molar-refractivity contribution in [2.75, 3.05) is 4.72 Å². The lowest BCUT2D eigenvalue weighted by molar-refractivity contribution is -0.155. The Balaban J connectivity index is 1.74. The van der Waals surface area contributed by atoms with E-state index in [1.807, 2.05) is 62.6 Å². The van der Waals surface area contributed by atoms with Gasteiger partial charge in [-0.25, -0.2) is 8.42 Å². The highest BCUT2D eigenvalue weighted by atomic mass is 32.2. The van der Waals surface area contributed by atoms with Gasteiger partial charge < -0.3 is 9.30 Å². The largest absolute Gasteiger partial charge is 0.459 e. The van der Waals surface area contributed by atoms with Gasteiger partial charge in [0.05, 0.1) is 4.90 Å². The topological polar surface area (TPSA) is 77.4 Å². The molecule has 1 aromatic heterocycles. The van der Waals surface area contributed by atoms with E-state index in [-0.39, 0.29) is 17.4 Å². The summed E-state index contributed by atoms with van der Waals surface area (Å²) in [7, 11) is -3.72. The molecule has 0 saturated heterocycles. The minimum absolute atomic E-state index is 0.0652. The molecule has 0 atom stereocenters. The zero-order valence-corrected chi connectivity index (χ0v) is 19.4. The first-order valence-corrected chi connectivity index (χ1v) is 11.8. The van der Waals surface area contributed by atoms with Crippen LogP contribution in [0.2, 0.25) is 0 Å². The maximum Gasteiger partial charge on any atom is 0.326 e. The van der Waals surface area contributed by atoms with Crippen LogP contribution in [0.1, 0.15) is 26.3 Å². The Hall–Kier alpha value is -3.32. The molecule has 0 radical (unpaired) electrons. The van der Waals surface area contributed by atoms with Gasteiger partial charge in [-0.15, -0.1) is 0 Å². The number of aryl methyl sites for hydroxylation is 1. The SMILES string of the molecule is Cc1ccc(S(=O)(=O)Nc2ccc3c(c2)c2ccccc2n3CC(=O)OC(C)(C)C)cc1. The lowest BCUT2D eigenvalue weighted by Crippen LogP contribution is -2.26. The van der Waals surface area contributed by atoms with Crippen LogP contribution in [0.25, 0.3) is 21.8 Å². The zero-order chi connectivity index (χ0) is 23.1. The van der Waals surface area contributed by atoms with Gasteiger partial charge in [0.2, 0.25) is 0 Å². The Kier molecular flexibility index (Phi) is 5.46. The summed E-state index contributed by atoms with van der Waals surface area (Å²) in [6.07, 6.45) is 0. The molecule has 32 heavy (non-hydrogen) atoms. The van der Waals surface area contributed by atoms with Gasteiger partial charge in [0.25, 0.3) is 10.0 Å². The summed E-state index contributed by atoms with van der Waals surface area (Å²) < 4.78 is 35.7. The maximum absolute atomic E-state index is 12.8. The molecule has 0 bridgehead atoms. The molecule has 4 rings (SSSR count). The minimum atomic E-state index is -3.72. The second kappa shape index (κ2) is 7.98. The van der Waals surface area contributed by atoms with E-state index in [4.69, 9.17) is 4.74 Å². The molecule has 3 aromatic carbocycles. The third-order valence-electron chi connectivity index (χ3n) is 5.06. The van der Waals surface area contributed by atoms with Crippen molar-refractivity contribution in [2.45, 2.75) is 44.7 Å². The van der Waals surface area contributed by atoms with E-state index in [2.05, 4.69) is 4.72 Å². The third-order valence-corrected chi connectivity index (χ3v) is 6.46. The van der Waals surface area contributed by atoms with Gasteiger partial charge in [0, 0.05) is 27.5 Å². The normalized spacial score (nSPS) is 12.2. The average Bonchev–Trinajstić information content (AvgIpc) is 3.00. The Morgan fingerprint density at radius 3 is 2.28 bits per heavy atom. The number of ether oxygens (including phenoxy) is 1. The van der Waals surface area contributed by atoms with Crippen molar-refractivity contribution in [1.29, 1.82) is 0 Å². The molecule has 1 N–H and O–H groups in total. The highest BCUT2D eigenvalue weighted by molar-refractivity contribution is 7.92. The van der Waals surface area contributed by atoms with Crippen LogP contribution in [-0.2, 0) is 26.1 Å². The zero-order valence-electron chi connectivity index (χ0n) is 18.5. The first kappa shape index (κ1) is 21.9. The summed E-state index contributed by atoms with van der Waals surface area (Å²) in [5, 5.41) is 1.79. The summed E-state index contributed by atoms with van der Waals surface area (Å²) in [5.41, 5.74) is 2.58. The second-order valence-electron chi connectivity index (χ2n) is 8.84. The van der Waals surface area contributed by atoms with Crippen LogP contribution in [0, 0.1) is 6.92 Å². The van der Waals surface area contributed by atoms with Crippen molar-refractivity contribution in [2.24, 2.45) is 0 Å². The van der Waals surface area contributed by atoms with Gasteiger partial charge in [0.1, 0.15) is 12.1 Å². The third kappa shape index (κ3) is 4.48. The summed E-state index contributed by atoms with van der Waals surface area (Å²) in [6, 6.07) is 19.8. The summed E-state index contributed by atoms with van der Waals surface area (Å²) in [5.74, 6) is -0.329. The van der Waals surface area contributed by atoms with Crippen molar-refractivity contribution >= 4 is 43.5 Å². The van der Waals surface area contributed by atoms with E-state index in [0.717, 1.165) is 27.4 Å². The van der Waals surface area contributed by atoms with Crippen molar-refractivity contribution in [3.05, 3.63) is 72.3 Å². The highest BCUT2D eigenvalue weighted by Gasteiger charge is 2.20. The van der Waals surface area contributed by atoms with Gasteiger partial charge in [-0.05, 0) is 64.1 Å². The number of sulfonamides is 1. The number of anilines is 1. The number of carbonyl (C=O) groups excluding carboxylic acids is 1. The number of nitrogens with zero attached hydrogens (tertiary/aromatic N) is 1. The number of esters is 1. The second-order valence-corrected chi connectivity index (χ2v) is 10.5. The molecular formula is C25H26N2O4S. The quantitative estimate of drug-likeness (QED) is 0.422. The number of hydrogen-bond acceptors (Lipinski definition) is 4. The summed E-state index contributed by atoms with van der Waals surface area (Å²) >= 11 is 0. The Bertz CT molecular complexity index is 1410. The monoisotopic (exact) mass is 450 g/mol. The molecule has 7 heteroatoms. The summed E-state index contributed by atoms with van der Waals surface area (Å²) in [6.45, 7) is 7.48. The van der Waals surface area contributed by atoms with Gasteiger partial charge >= 0.3 is 5.97 Å². The molecule has 1 heterocycles. The summed E-state index contributed by atoms with van der Waals surface area (Å²) in [4.78, 5) is 12.7. The number of fused-ring (bicyclic) bond motifs is 3. The predicted octanol–water partition coefficient (Wildman–Crippen LogP) is 5.25. The van der Waals surface area contributed by atoms with Crippen molar-refractivity contribution < 1.29 is 17.9 Å². The van der Waals surface area contributed by atoms with E-state index in [9.17, 15) is 13.2 Å². The van der Waals surface area contributed by atoms with Crippen LogP contribution < -0.4 is 4.72 Å². The van der Waals surface area contributed by atoms with Crippen LogP contribution in [0.4, 0.5) is 5.69 Å². The molecule has 0 amide bonds. The molecule has 0 aliphatic heterocycles. The average molecular weight is 451 g/mol. The number of nitrogens with one attached hydrogen (secondary N) is 1. The predicted molar refractivity (Wildman–Crippen MR) is 127 cm³/mol. The van der Waals surface area contributed by atoms with Crippen molar-refractivity contribution in [3.63, 3.8) is 0 Å². The fraction of sp³-hybridized carbons (Fsp3) is 0.240. The smallest absolute Gasteiger partial charge is 0.326 e. The lowest BCUT2D eigenvalue weighted by Gasteiger charge is -2.20. The lowest BCUT2D eigenvalue weighted by atomic mass is 10.1. The molecule has 6 nitrogen and oxygen atoms in total. The first-order chi connectivity index (χ1) is 15.0. The van der Waals surface area contributed by atoms with Gasteiger partial charge in [-0.3, -0.25) is 9.52 Å². The Morgan fingerprint density at radius 1 is 0.938 bits per heavy atom. The Labute approximate surface area is 187 Å². The van der Waals surface area contributed by atoms with Crippen molar-refractivity contribution in [1.82, 2.24) is 4.57 Å². The van der Waals surface area contributed by atoms with Crippen LogP contribution in [0.5, 0.6) is 0 Å². The van der Waals surface area contributed by atoms with E-state index in [0.29, 0.717) is 5.69 Å². The van der Waals surface area contributed by atoms with Crippen LogP contribution in [0.3, 0.4) is 0 Å². The molecule has 0 fully saturated rings. The fourth-order valence-electron chi connectivity index (χ4n) is 3.72. The number of rotatable bonds is 5. The number of hydrogen-bond donors (Lipinski definition) is 1. The van der Waals surface area contributed by atoms with E-state index in [1.54, 1.807) is 36.4 Å². The molecule has 166 valence electrons. The molecule has 0 spiro atoms. The van der Waals surface area contributed by atoms with E-state index >= 15 is 0 Å². The van der Waals surface area contributed by atoms with Crippen molar-refractivity contribution in [3.8, 4) is 0 Å². The Morgan fingerprint density at radius 2 is 1.59 bits per heavy atom. The van der Waals surface area contributed by atoms with E-state index < -0.39 is 15.6 Å². The first-order valence-electron chi connectivity index (χ1n) is 10.4. The highest BCUT2D eigenvalue weighted by Crippen LogP contribution is 2.32. The number of carbonyl (C=O) groups is 1. The van der Waals surface area contributed by atoms with Crippen LogP contribution >= 0.6 is 0 Å². The number of benzene rings is 3. The number of para-hydroxylation sites is 1. The molecule has 0 saturated carbocycles. The minimum Gasteiger partial charge on any atom is -0.459 e. The fourth-order valence-corrected chi connectivity index (χ4v) is 4.77. The van der Waals surface area contributed by atoms with E-state index in [1.165, 1.54) is 0 Å². The van der Waals surface area contributed by atoms with Crippen LogP contribution in [0.15, 0.2) is 71.6 Å². The number of aromatic nitrogens is 1. The molecule has 4 aromatic rings. The standard InChI is InChI=1S/C25H26N2O4S/c1-17-9-12-19(13-10-17)32(29,30)26-18-11-14-23-21(15-18)20-7-5-6-8-22(20)27(23)16-24(28)31-25(2,3)4/h5-15,26H,16H2,1-4H3.